The molecule has 1 amide bonds. The number of hydrogen-bond acceptors (Lipinski definition) is 4. The lowest BCUT2D eigenvalue weighted by Gasteiger charge is -2.22. The molecule has 3 N–H and O–H groups in total. The van der Waals surface area contributed by atoms with E-state index >= 15 is 0 Å². The van der Waals surface area contributed by atoms with Gasteiger partial charge in [-0.1, -0.05) is 6.92 Å². The summed E-state index contributed by atoms with van der Waals surface area (Å²) in [4.78, 5) is 13.6. The summed E-state index contributed by atoms with van der Waals surface area (Å²) in [5.41, 5.74) is 7.59. The van der Waals surface area contributed by atoms with Crippen LogP contribution >= 0.6 is 0 Å². The third-order valence-electron chi connectivity index (χ3n) is 3.10. The van der Waals surface area contributed by atoms with Gasteiger partial charge in [-0.05, 0) is 32.2 Å². The number of nitrogen functional groups attached to an aromatic ring is 1. The van der Waals surface area contributed by atoms with Crippen LogP contribution < -0.4 is 15.8 Å². The summed E-state index contributed by atoms with van der Waals surface area (Å²) < 4.78 is 5.60. The highest BCUT2D eigenvalue weighted by atomic mass is 16.5. The van der Waals surface area contributed by atoms with Crippen LogP contribution in [-0.2, 0) is 11.3 Å². The third-order valence-corrected chi connectivity index (χ3v) is 3.10. The molecule has 0 aromatic heterocycles. The quantitative estimate of drug-likeness (QED) is 0.742. The highest BCUT2D eigenvalue weighted by Gasteiger charge is 2.15. The van der Waals surface area contributed by atoms with Crippen molar-refractivity contribution in [3.63, 3.8) is 0 Å². The number of amides is 1. The SMILES string of the molecule is CCOc1ccc(N)cc1CN(C)CC(C)C(=O)NC. The maximum Gasteiger partial charge on any atom is 0.223 e. The van der Waals surface area contributed by atoms with Gasteiger partial charge in [0.15, 0.2) is 0 Å². The van der Waals surface area contributed by atoms with Gasteiger partial charge in [0.1, 0.15) is 5.75 Å². The van der Waals surface area contributed by atoms with Crippen molar-refractivity contribution >= 4 is 11.6 Å². The number of hydrogen-bond donors (Lipinski definition) is 2. The molecular weight excluding hydrogens is 254 g/mol. The second-order valence-electron chi connectivity index (χ2n) is 5.01. The van der Waals surface area contributed by atoms with Gasteiger partial charge in [0.2, 0.25) is 5.91 Å². The van der Waals surface area contributed by atoms with Crippen LogP contribution in [0.1, 0.15) is 19.4 Å². The Morgan fingerprint density at radius 3 is 2.80 bits per heavy atom. The summed E-state index contributed by atoms with van der Waals surface area (Å²) in [7, 11) is 3.64. The van der Waals surface area contributed by atoms with Crippen molar-refractivity contribution in [2.75, 3.05) is 33.0 Å². The van der Waals surface area contributed by atoms with Gasteiger partial charge in [-0.25, -0.2) is 0 Å². The molecule has 5 heteroatoms. The van der Waals surface area contributed by atoms with E-state index in [2.05, 4.69) is 10.2 Å². The molecule has 20 heavy (non-hydrogen) atoms. The fourth-order valence-corrected chi connectivity index (χ4v) is 2.17. The van der Waals surface area contributed by atoms with Crippen LogP contribution in [0.2, 0.25) is 0 Å². The summed E-state index contributed by atoms with van der Waals surface area (Å²) in [6.07, 6.45) is 0. The molecule has 1 aromatic rings. The first-order valence-corrected chi connectivity index (χ1v) is 6.89. The Labute approximate surface area is 121 Å². The number of carbonyl (C=O) groups excluding carboxylic acids is 1. The van der Waals surface area contributed by atoms with Gasteiger partial charge in [-0.15, -0.1) is 0 Å². The van der Waals surface area contributed by atoms with Crippen LogP contribution in [0.15, 0.2) is 18.2 Å². The van der Waals surface area contributed by atoms with Crippen molar-refractivity contribution in [1.29, 1.82) is 0 Å². The molecule has 0 saturated carbocycles. The lowest BCUT2D eigenvalue weighted by atomic mass is 10.1. The van der Waals surface area contributed by atoms with Crippen LogP contribution in [0.5, 0.6) is 5.75 Å². The Morgan fingerprint density at radius 2 is 2.20 bits per heavy atom. The first-order valence-electron chi connectivity index (χ1n) is 6.89. The van der Waals surface area contributed by atoms with Gasteiger partial charge < -0.3 is 20.7 Å². The molecule has 1 rings (SSSR count). The van der Waals surface area contributed by atoms with E-state index in [1.54, 1.807) is 7.05 Å². The average Bonchev–Trinajstić information content (AvgIpc) is 2.40. The zero-order chi connectivity index (χ0) is 15.1. The fraction of sp³-hybridized carbons (Fsp3) is 0.533. The topological polar surface area (TPSA) is 67.6 Å². The number of nitrogens with zero attached hydrogens (tertiary/aromatic N) is 1. The summed E-state index contributed by atoms with van der Waals surface area (Å²) in [5.74, 6) is 0.845. The summed E-state index contributed by atoms with van der Waals surface area (Å²) in [5, 5.41) is 2.66. The molecule has 1 aromatic carbocycles. The predicted octanol–water partition coefficient (Wildman–Crippen LogP) is 1.48. The molecule has 0 aliphatic rings. The number of nitrogens with one attached hydrogen (secondary N) is 1. The first kappa shape index (κ1) is 16.3. The van der Waals surface area contributed by atoms with E-state index in [1.165, 1.54) is 0 Å². The Bertz CT molecular complexity index is 449. The molecule has 0 aliphatic carbocycles. The molecule has 0 heterocycles. The van der Waals surface area contributed by atoms with Gasteiger partial charge in [0, 0.05) is 37.3 Å². The summed E-state index contributed by atoms with van der Waals surface area (Å²) in [6.45, 7) is 5.87. The van der Waals surface area contributed by atoms with E-state index in [9.17, 15) is 4.79 Å². The number of carbonyl (C=O) groups is 1. The molecule has 0 fully saturated rings. The first-order chi connectivity index (χ1) is 9.47. The maximum atomic E-state index is 11.5. The van der Waals surface area contributed by atoms with Crippen molar-refractivity contribution in [3.8, 4) is 5.75 Å². The molecule has 0 saturated heterocycles. The molecule has 0 aliphatic heterocycles. The third kappa shape index (κ3) is 4.74. The Kier molecular flexibility index (Phi) is 6.31. The molecule has 0 spiro atoms. The molecule has 1 atom stereocenters. The smallest absolute Gasteiger partial charge is 0.223 e. The van der Waals surface area contributed by atoms with Crippen LogP contribution in [0.3, 0.4) is 0 Å². The van der Waals surface area contributed by atoms with Crippen molar-refractivity contribution in [2.45, 2.75) is 20.4 Å². The van der Waals surface area contributed by atoms with Gasteiger partial charge in [-0.3, -0.25) is 4.79 Å². The van der Waals surface area contributed by atoms with Crippen LogP contribution in [-0.4, -0.2) is 38.1 Å². The van der Waals surface area contributed by atoms with Gasteiger partial charge in [0.05, 0.1) is 6.61 Å². The highest BCUT2D eigenvalue weighted by Crippen LogP contribution is 2.23. The largest absolute Gasteiger partial charge is 0.494 e. The molecule has 1 unspecified atom stereocenters. The van der Waals surface area contributed by atoms with Crippen molar-refractivity contribution in [3.05, 3.63) is 23.8 Å². The summed E-state index contributed by atoms with van der Waals surface area (Å²) in [6, 6.07) is 5.65. The van der Waals surface area contributed by atoms with Crippen molar-refractivity contribution in [1.82, 2.24) is 10.2 Å². The van der Waals surface area contributed by atoms with Crippen molar-refractivity contribution in [2.24, 2.45) is 5.92 Å². The lowest BCUT2D eigenvalue weighted by molar-refractivity contribution is -0.124. The van der Waals surface area contributed by atoms with Gasteiger partial charge in [-0.2, -0.15) is 0 Å². The van der Waals surface area contributed by atoms with Gasteiger partial charge in [0.25, 0.3) is 0 Å². The lowest BCUT2D eigenvalue weighted by Crippen LogP contribution is -2.34. The predicted molar refractivity (Wildman–Crippen MR) is 81.6 cm³/mol. The normalized spacial score (nSPS) is 12.2. The Balaban J connectivity index is 2.71. The minimum Gasteiger partial charge on any atom is -0.494 e. The standard InChI is InChI=1S/C15H25N3O2/c1-5-20-14-7-6-13(16)8-12(14)10-18(4)9-11(2)15(19)17-3/h6-8,11H,5,9-10,16H2,1-4H3,(H,17,19). The molecule has 112 valence electrons. The molecular formula is C15H25N3O2. The van der Waals surface area contributed by atoms with E-state index in [1.807, 2.05) is 39.1 Å². The Morgan fingerprint density at radius 1 is 1.50 bits per heavy atom. The number of ether oxygens (including phenoxy) is 1. The van der Waals surface area contributed by atoms with E-state index in [0.29, 0.717) is 19.7 Å². The average molecular weight is 279 g/mol. The highest BCUT2D eigenvalue weighted by molar-refractivity contribution is 5.78. The zero-order valence-electron chi connectivity index (χ0n) is 12.8. The van der Waals surface area contributed by atoms with Crippen LogP contribution in [0.25, 0.3) is 0 Å². The molecule has 0 radical (unpaired) electrons. The number of anilines is 1. The minimum absolute atomic E-state index is 0.0504. The second-order valence-corrected chi connectivity index (χ2v) is 5.01. The number of rotatable bonds is 7. The van der Waals surface area contributed by atoms with Gasteiger partial charge >= 0.3 is 0 Å². The maximum absolute atomic E-state index is 11.5. The summed E-state index contributed by atoms with van der Waals surface area (Å²) >= 11 is 0. The molecule has 0 bridgehead atoms. The van der Waals surface area contributed by atoms with E-state index < -0.39 is 0 Å². The van der Waals surface area contributed by atoms with E-state index in [4.69, 9.17) is 10.5 Å². The number of nitrogens with two attached hydrogens (primary N) is 1. The van der Waals surface area contributed by atoms with Crippen LogP contribution in [0, 0.1) is 5.92 Å². The van der Waals surface area contributed by atoms with Crippen molar-refractivity contribution < 1.29 is 9.53 Å². The zero-order valence-corrected chi connectivity index (χ0v) is 12.8. The monoisotopic (exact) mass is 279 g/mol. The Hall–Kier alpha value is -1.75. The molecule has 5 nitrogen and oxygen atoms in total. The van der Waals surface area contributed by atoms with E-state index in [0.717, 1.165) is 17.0 Å². The minimum atomic E-state index is -0.0541. The van der Waals surface area contributed by atoms with Crippen LogP contribution in [0.4, 0.5) is 5.69 Å². The van der Waals surface area contributed by atoms with E-state index in [-0.39, 0.29) is 11.8 Å². The fourth-order valence-electron chi connectivity index (χ4n) is 2.17. The second kappa shape index (κ2) is 7.75. The number of benzene rings is 1.